The van der Waals surface area contributed by atoms with Crippen LogP contribution in [0.5, 0.6) is 11.5 Å². The number of rotatable bonds is 7. The molecule has 0 radical (unpaired) electrons. The lowest BCUT2D eigenvalue weighted by Crippen LogP contribution is -2.26. The largest absolute Gasteiger partial charge is 0.493 e. The van der Waals surface area contributed by atoms with Crippen molar-refractivity contribution in [1.82, 2.24) is 5.43 Å². The molecule has 1 amide bonds. The summed E-state index contributed by atoms with van der Waals surface area (Å²) in [6.45, 7) is 1.71. The van der Waals surface area contributed by atoms with Crippen LogP contribution in [-0.2, 0) is 4.79 Å². The Morgan fingerprint density at radius 3 is 2.42 bits per heavy atom. The zero-order valence-electron chi connectivity index (χ0n) is 13.6. The number of hydrazone groups is 1. The van der Waals surface area contributed by atoms with Gasteiger partial charge in [0, 0.05) is 0 Å². The molecule has 0 heterocycles. The fourth-order valence-corrected chi connectivity index (χ4v) is 2.03. The first-order valence-electron chi connectivity index (χ1n) is 7.51. The number of halogens is 1. The van der Waals surface area contributed by atoms with Gasteiger partial charge in [0.2, 0.25) is 0 Å². The van der Waals surface area contributed by atoms with Gasteiger partial charge in [-0.05, 0) is 36.2 Å². The molecule has 5 nitrogen and oxygen atoms in total. The molecule has 0 bridgehead atoms. The van der Waals surface area contributed by atoms with Gasteiger partial charge in [-0.25, -0.2) is 9.82 Å². The summed E-state index contributed by atoms with van der Waals surface area (Å²) in [5.74, 6) is 0.320. The summed E-state index contributed by atoms with van der Waals surface area (Å²) in [5, 5.41) is 4.08. The number of amides is 1. The third kappa shape index (κ3) is 4.81. The summed E-state index contributed by atoms with van der Waals surface area (Å²) in [6, 6.07) is 13.0. The average Bonchev–Trinajstić information content (AvgIpc) is 2.62. The third-order valence-electron chi connectivity index (χ3n) is 3.26. The third-order valence-corrected chi connectivity index (χ3v) is 3.26. The number of para-hydroxylation sites is 2. The first kappa shape index (κ1) is 17.5. The lowest BCUT2D eigenvalue weighted by Gasteiger charge is -2.10. The number of hydrogen-bond donors (Lipinski definition) is 1. The summed E-state index contributed by atoms with van der Waals surface area (Å²) in [6.07, 6.45) is 0.597. The summed E-state index contributed by atoms with van der Waals surface area (Å²) < 4.78 is 23.5. The number of nitrogens with one attached hydrogen (secondary N) is 1. The van der Waals surface area contributed by atoms with Gasteiger partial charge in [-0.2, -0.15) is 5.10 Å². The van der Waals surface area contributed by atoms with Gasteiger partial charge in [0.25, 0.3) is 5.91 Å². The van der Waals surface area contributed by atoms with Gasteiger partial charge in [-0.15, -0.1) is 0 Å². The average molecular weight is 330 g/mol. The van der Waals surface area contributed by atoms with E-state index in [0.29, 0.717) is 23.6 Å². The Balaban J connectivity index is 1.94. The van der Waals surface area contributed by atoms with Crippen LogP contribution >= 0.6 is 0 Å². The number of carbonyl (C=O) groups is 1. The lowest BCUT2D eigenvalue weighted by molar-refractivity contribution is -0.123. The van der Waals surface area contributed by atoms with Gasteiger partial charge < -0.3 is 9.47 Å². The van der Waals surface area contributed by atoms with Crippen molar-refractivity contribution in [2.24, 2.45) is 5.10 Å². The predicted octanol–water partition coefficient (Wildman–Crippen LogP) is 3.14. The zero-order chi connectivity index (χ0) is 17.4. The van der Waals surface area contributed by atoms with E-state index in [1.807, 2.05) is 13.0 Å². The minimum absolute atomic E-state index is 0.190. The molecule has 0 saturated carbocycles. The number of methoxy groups -OCH3 is 1. The van der Waals surface area contributed by atoms with Crippen molar-refractivity contribution < 1.29 is 18.7 Å². The lowest BCUT2D eigenvalue weighted by atomic mass is 10.1. The predicted molar refractivity (Wildman–Crippen MR) is 89.9 cm³/mol. The van der Waals surface area contributed by atoms with Gasteiger partial charge in [0.15, 0.2) is 18.1 Å². The molecule has 0 saturated heterocycles. The molecule has 0 aliphatic carbocycles. The molecule has 24 heavy (non-hydrogen) atoms. The molecule has 0 aliphatic rings. The summed E-state index contributed by atoms with van der Waals surface area (Å²) >= 11 is 0. The number of hydrogen-bond acceptors (Lipinski definition) is 4. The van der Waals surface area contributed by atoms with Crippen molar-refractivity contribution in [2.75, 3.05) is 13.7 Å². The van der Waals surface area contributed by atoms with Gasteiger partial charge in [0.05, 0.1) is 12.8 Å². The normalized spacial score (nSPS) is 11.0. The monoisotopic (exact) mass is 330 g/mol. The molecular formula is C18H19FN2O3. The Morgan fingerprint density at radius 2 is 1.79 bits per heavy atom. The Labute approximate surface area is 140 Å². The van der Waals surface area contributed by atoms with Crippen LogP contribution < -0.4 is 14.9 Å². The van der Waals surface area contributed by atoms with Crippen molar-refractivity contribution in [2.45, 2.75) is 13.3 Å². The van der Waals surface area contributed by atoms with Crippen molar-refractivity contribution >= 4 is 11.6 Å². The molecule has 0 aliphatic heterocycles. The van der Waals surface area contributed by atoms with E-state index in [-0.39, 0.29) is 12.4 Å². The van der Waals surface area contributed by atoms with Crippen LogP contribution in [0.2, 0.25) is 0 Å². The molecule has 0 atom stereocenters. The molecule has 1 N–H and O–H groups in total. The molecule has 2 aromatic carbocycles. The Bertz CT molecular complexity index is 714. The summed E-state index contributed by atoms with van der Waals surface area (Å²) in [4.78, 5) is 11.9. The van der Waals surface area contributed by atoms with Crippen LogP contribution in [0.4, 0.5) is 4.39 Å². The number of carbonyl (C=O) groups excluding carboxylic acids is 1. The second-order valence-corrected chi connectivity index (χ2v) is 4.89. The maximum atomic E-state index is 13.0. The summed E-state index contributed by atoms with van der Waals surface area (Å²) in [5.41, 5.74) is 3.85. The van der Waals surface area contributed by atoms with Crippen LogP contribution in [0.15, 0.2) is 53.6 Å². The molecule has 0 unspecified atom stereocenters. The molecular weight excluding hydrogens is 311 g/mol. The SMILES string of the molecule is CC/C(=N\NC(=O)COc1ccccc1OC)c1ccc(F)cc1. The van der Waals surface area contributed by atoms with E-state index in [2.05, 4.69) is 10.5 Å². The molecule has 6 heteroatoms. The van der Waals surface area contributed by atoms with Crippen molar-refractivity contribution in [3.8, 4) is 11.5 Å². The van der Waals surface area contributed by atoms with E-state index in [1.165, 1.54) is 19.2 Å². The van der Waals surface area contributed by atoms with E-state index in [4.69, 9.17) is 9.47 Å². The smallest absolute Gasteiger partial charge is 0.277 e. The summed E-state index contributed by atoms with van der Waals surface area (Å²) in [7, 11) is 1.53. The van der Waals surface area contributed by atoms with Crippen LogP contribution in [0, 0.1) is 5.82 Å². The molecule has 2 aromatic rings. The number of benzene rings is 2. The van der Waals surface area contributed by atoms with E-state index < -0.39 is 5.91 Å². The van der Waals surface area contributed by atoms with Gasteiger partial charge in [-0.1, -0.05) is 31.2 Å². The minimum Gasteiger partial charge on any atom is -0.493 e. The van der Waals surface area contributed by atoms with Gasteiger partial charge in [-0.3, -0.25) is 4.79 Å². The van der Waals surface area contributed by atoms with Crippen molar-refractivity contribution in [3.05, 3.63) is 59.9 Å². The van der Waals surface area contributed by atoms with Crippen LogP contribution in [0.25, 0.3) is 0 Å². The maximum absolute atomic E-state index is 13.0. The second kappa shape index (κ2) is 8.67. The fourth-order valence-electron chi connectivity index (χ4n) is 2.03. The highest BCUT2D eigenvalue weighted by Crippen LogP contribution is 2.25. The quantitative estimate of drug-likeness (QED) is 0.627. The Hall–Kier alpha value is -2.89. The van der Waals surface area contributed by atoms with E-state index in [1.54, 1.807) is 30.3 Å². The fraction of sp³-hybridized carbons (Fsp3) is 0.222. The molecule has 0 aromatic heterocycles. The topological polar surface area (TPSA) is 59.9 Å². The Morgan fingerprint density at radius 1 is 1.12 bits per heavy atom. The maximum Gasteiger partial charge on any atom is 0.277 e. The first-order chi connectivity index (χ1) is 11.6. The van der Waals surface area contributed by atoms with Crippen LogP contribution in [-0.4, -0.2) is 25.3 Å². The van der Waals surface area contributed by atoms with Gasteiger partial charge in [0.1, 0.15) is 5.82 Å². The van der Waals surface area contributed by atoms with Crippen molar-refractivity contribution in [3.63, 3.8) is 0 Å². The van der Waals surface area contributed by atoms with E-state index >= 15 is 0 Å². The zero-order valence-corrected chi connectivity index (χ0v) is 13.6. The van der Waals surface area contributed by atoms with Gasteiger partial charge >= 0.3 is 0 Å². The second-order valence-electron chi connectivity index (χ2n) is 4.89. The molecule has 2 rings (SSSR count). The minimum atomic E-state index is -0.394. The van der Waals surface area contributed by atoms with E-state index in [9.17, 15) is 9.18 Å². The first-order valence-corrected chi connectivity index (χ1v) is 7.51. The number of nitrogens with zero attached hydrogens (tertiary/aromatic N) is 1. The molecule has 0 fully saturated rings. The Kier molecular flexibility index (Phi) is 6.31. The highest BCUT2D eigenvalue weighted by atomic mass is 19.1. The van der Waals surface area contributed by atoms with Crippen LogP contribution in [0.3, 0.4) is 0 Å². The van der Waals surface area contributed by atoms with Crippen LogP contribution in [0.1, 0.15) is 18.9 Å². The molecule has 0 spiro atoms. The standard InChI is InChI=1S/C18H19FN2O3/c1-3-15(13-8-10-14(19)11-9-13)20-21-18(22)12-24-17-7-5-4-6-16(17)23-2/h4-11H,3,12H2,1-2H3,(H,21,22)/b20-15+. The highest BCUT2D eigenvalue weighted by Gasteiger charge is 2.07. The van der Waals surface area contributed by atoms with E-state index in [0.717, 1.165) is 5.56 Å². The number of ether oxygens (including phenoxy) is 2. The van der Waals surface area contributed by atoms with Crippen molar-refractivity contribution in [1.29, 1.82) is 0 Å². The highest BCUT2D eigenvalue weighted by molar-refractivity contribution is 6.00. The molecule has 126 valence electrons.